The summed E-state index contributed by atoms with van der Waals surface area (Å²) < 4.78 is 5.56. The van der Waals surface area contributed by atoms with Gasteiger partial charge in [0.2, 0.25) is 5.91 Å². The third kappa shape index (κ3) is 11.3. The van der Waals surface area contributed by atoms with Crippen molar-refractivity contribution >= 4 is 5.91 Å². The van der Waals surface area contributed by atoms with Crippen molar-refractivity contribution < 1.29 is 24.6 Å². The average Bonchev–Trinajstić information content (AvgIpc) is 2.58. The second-order valence-electron chi connectivity index (χ2n) is 7.73. The lowest BCUT2D eigenvalue weighted by Crippen LogP contribution is -2.42. The van der Waals surface area contributed by atoms with E-state index in [1.54, 1.807) is 31.2 Å². The van der Waals surface area contributed by atoms with Crippen molar-refractivity contribution in [3.63, 3.8) is 0 Å². The molecule has 1 aromatic carbocycles. The molecule has 0 spiro atoms. The normalized spacial score (nSPS) is 13.5. The standard InChI is InChI=1S/C19H31N3O6/c1-14(9-10-28-22(25)26)21-18(24)11-15-5-7-17(8-6-15)27-13-16(23)12-20-19(2,3)4/h5-8,14,16,20,23H,9-13H2,1-4H3,(H,21,24). The molecular weight excluding hydrogens is 366 g/mol. The summed E-state index contributed by atoms with van der Waals surface area (Å²) in [5.41, 5.74) is 0.744. The molecular formula is C19H31N3O6. The first-order valence-electron chi connectivity index (χ1n) is 9.26. The Morgan fingerprint density at radius 1 is 1.29 bits per heavy atom. The van der Waals surface area contributed by atoms with Gasteiger partial charge in [0.25, 0.3) is 5.09 Å². The molecule has 158 valence electrons. The molecule has 1 aromatic rings. The highest BCUT2D eigenvalue weighted by molar-refractivity contribution is 5.78. The van der Waals surface area contributed by atoms with Gasteiger partial charge >= 0.3 is 0 Å². The van der Waals surface area contributed by atoms with Crippen LogP contribution >= 0.6 is 0 Å². The van der Waals surface area contributed by atoms with Gasteiger partial charge < -0.3 is 25.3 Å². The molecule has 0 aliphatic rings. The van der Waals surface area contributed by atoms with Crippen molar-refractivity contribution in [2.75, 3.05) is 19.8 Å². The molecule has 9 heteroatoms. The van der Waals surface area contributed by atoms with Gasteiger partial charge in [0.15, 0.2) is 0 Å². The largest absolute Gasteiger partial charge is 0.491 e. The van der Waals surface area contributed by atoms with Crippen LogP contribution in [0.3, 0.4) is 0 Å². The molecule has 3 N–H and O–H groups in total. The van der Waals surface area contributed by atoms with Crippen molar-refractivity contribution in [1.82, 2.24) is 10.6 Å². The summed E-state index contributed by atoms with van der Waals surface area (Å²) in [5.74, 6) is 0.440. The van der Waals surface area contributed by atoms with Crippen molar-refractivity contribution in [3.8, 4) is 5.75 Å². The Morgan fingerprint density at radius 2 is 1.93 bits per heavy atom. The van der Waals surface area contributed by atoms with Crippen LogP contribution in [0.1, 0.15) is 39.7 Å². The molecule has 1 amide bonds. The quantitative estimate of drug-likeness (QED) is 0.360. The maximum absolute atomic E-state index is 12.0. The Kier molecular flexibility index (Phi) is 9.67. The van der Waals surface area contributed by atoms with Gasteiger partial charge in [0, 0.05) is 18.1 Å². The van der Waals surface area contributed by atoms with Crippen molar-refractivity contribution in [2.45, 2.75) is 58.2 Å². The van der Waals surface area contributed by atoms with Gasteiger partial charge in [-0.25, -0.2) is 0 Å². The number of carbonyl (C=O) groups excluding carboxylic acids is 1. The minimum atomic E-state index is -0.849. The number of hydrogen-bond acceptors (Lipinski definition) is 7. The van der Waals surface area contributed by atoms with Crippen LogP contribution in [0.2, 0.25) is 0 Å². The van der Waals surface area contributed by atoms with E-state index in [0.717, 1.165) is 5.56 Å². The Bertz CT molecular complexity index is 615. The number of nitrogens with one attached hydrogen (secondary N) is 2. The highest BCUT2D eigenvalue weighted by Gasteiger charge is 2.13. The summed E-state index contributed by atoms with van der Waals surface area (Å²) >= 11 is 0. The fraction of sp³-hybridized carbons (Fsp3) is 0.632. The number of nitrogens with zero attached hydrogens (tertiary/aromatic N) is 1. The number of β-amino-alcohol motifs (C(OH)–C–C–N with tert-alkyl or cyclic N) is 1. The van der Waals surface area contributed by atoms with E-state index in [2.05, 4.69) is 15.5 Å². The highest BCUT2D eigenvalue weighted by atomic mass is 16.9. The molecule has 0 aliphatic carbocycles. The first-order chi connectivity index (χ1) is 13.0. The number of aliphatic hydroxyl groups excluding tert-OH is 1. The SMILES string of the molecule is CC(CCO[N+](=O)[O-])NC(=O)Cc1ccc(OCC(O)CNC(C)(C)C)cc1. The second-order valence-corrected chi connectivity index (χ2v) is 7.73. The number of carbonyl (C=O) groups is 1. The van der Waals surface area contributed by atoms with E-state index >= 15 is 0 Å². The Hall–Kier alpha value is -2.39. The van der Waals surface area contributed by atoms with Crippen LogP contribution in [0, 0.1) is 10.1 Å². The third-order valence-corrected chi connectivity index (χ3v) is 3.75. The van der Waals surface area contributed by atoms with Crippen LogP contribution in [0.4, 0.5) is 0 Å². The molecule has 0 aliphatic heterocycles. The first kappa shape index (κ1) is 23.6. The van der Waals surface area contributed by atoms with Gasteiger partial charge in [-0.15, -0.1) is 10.1 Å². The van der Waals surface area contributed by atoms with E-state index in [9.17, 15) is 20.0 Å². The third-order valence-electron chi connectivity index (χ3n) is 3.75. The van der Waals surface area contributed by atoms with Crippen LogP contribution in [0.5, 0.6) is 5.75 Å². The summed E-state index contributed by atoms with van der Waals surface area (Å²) in [4.78, 5) is 26.3. The number of ether oxygens (including phenoxy) is 1. The van der Waals surface area contributed by atoms with Crippen molar-refractivity contribution in [1.29, 1.82) is 0 Å². The number of rotatable bonds is 12. The summed E-state index contributed by atoms with van der Waals surface area (Å²) in [6, 6.07) is 6.85. The van der Waals surface area contributed by atoms with Crippen LogP contribution in [-0.4, -0.2) is 53.5 Å². The van der Waals surface area contributed by atoms with Gasteiger partial charge in [-0.1, -0.05) is 12.1 Å². The van der Waals surface area contributed by atoms with Crippen LogP contribution in [0.25, 0.3) is 0 Å². The van der Waals surface area contributed by atoms with Gasteiger partial charge in [-0.2, -0.15) is 0 Å². The Balaban J connectivity index is 2.33. The van der Waals surface area contributed by atoms with Gasteiger partial charge in [-0.3, -0.25) is 4.79 Å². The number of aliphatic hydroxyl groups is 1. The zero-order valence-corrected chi connectivity index (χ0v) is 16.9. The molecule has 0 bridgehead atoms. The molecule has 0 saturated heterocycles. The molecule has 1 rings (SSSR count). The molecule has 0 aromatic heterocycles. The lowest BCUT2D eigenvalue weighted by molar-refractivity contribution is -0.757. The number of benzene rings is 1. The molecule has 0 fully saturated rings. The van der Waals surface area contributed by atoms with Gasteiger partial charge in [-0.05, 0) is 51.8 Å². The van der Waals surface area contributed by atoms with Crippen LogP contribution in [-0.2, 0) is 16.1 Å². The zero-order valence-electron chi connectivity index (χ0n) is 16.9. The predicted octanol–water partition coefficient (Wildman–Crippen LogP) is 1.46. The average molecular weight is 397 g/mol. The summed E-state index contributed by atoms with van der Waals surface area (Å²) in [5, 5.41) is 25.2. The van der Waals surface area contributed by atoms with E-state index in [0.29, 0.717) is 18.7 Å². The topological polar surface area (TPSA) is 123 Å². The van der Waals surface area contributed by atoms with E-state index in [-0.39, 0.29) is 37.1 Å². The van der Waals surface area contributed by atoms with E-state index in [1.807, 2.05) is 20.8 Å². The minimum absolute atomic E-state index is 0.0579. The van der Waals surface area contributed by atoms with Crippen LogP contribution in [0.15, 0.2) is 24.3 Å². The predicted molar refractivity (Wildman–Crippen MR) is 105 cm³/mol. The van der Waals surface area contributed by atoms with Crippen molar-refractivity contribution in [3.05, 3.63) is 39.9 Å². The number of hydrogen-bond donors (Lipinski definition) is 3. The summed E-state index contributed by atoms with van der Waals surface area (Å²) in [6.07, 6.45) is -0.0736. The maximum Gasteiger partial charge on any atom is 0.294 e. The fourth-order valence-electron chi connectivity index (χ4n) is 2.27. The van der Waals surface area contributed by atoms with E-state index < -0.39 is 11.2 Å². The molecule has 2 unspecified atom stereocenters. The van der Waals surface area contributed by atoms with Gasteiger partial charge in [0.05, 0.1) is 13.0 Å². The van der Waals surface area contributed by atoms with Crippen molar-refractivity contribution in [2.24, 2.45) is 0 Å². The fourth-order valence-corrected chi connectivity index (χ4v) is 2.27. The molecule has 2 atom stereocenters. The summed E-state index contributed by atoms with van der Waals surface area (Å²) in [6.45, 7) is 8.39. The van der Waals surface area contributed by atoms with Crippen LogP contribution < -0.4 is 15.4 Å². The first-order valence-corrected chi connectivity index (χ1v) is 9.26. The maximum atomic E-state index is 12.0. The smallest absolute Gasteiger partial charge is 0.294 e. The number of amides is 1. The zero-order chi connectivity index (χ0) is 21.2. The Morgan fingerprint density at radius 3 is 2.50 bits per heavy atom. The monoisotopic (exact) mass is 397 g/mol. The molecule has 0 radical (unpaired) electrons. The lowest BCUT2D eigenvalue weighted by Gasteiger charge is -2.23. The summed E-state index contributed by atoms with van der Waals surface area (Å²) in [7, 11) is 0. The Labute approximate surface area is 165 Å². The van der Waals surface area contributed by atoms with E-state index in [1.165, 1.54) is 0 Å². The molecule has 9 nitrogen and oxygen atoms in total. The highest BCUT2D eigenvalue weighted by Crippen LogP contribution is 2.13. The molecule has 0 saturated carbocycles. The minimum Gasteiger partial charge on any atom is -0.491 e. The van der Waals surface area contributed by atoms with Gasteiger partial charge in [0.1, 0.15) is 18.5 Å². The molecule has 28 heavy (non-hydrogen) atoms. The van der Waals surface area contributed by atoms with E-state index in [4.69, 9.17) is 4.74 Å². The molecule has 0 heterocycles. The second kappa shape index (κ2) is 11.5. The lowest BCUT2D eigenvalue weighted by atomic mass is 10.1.